The molecule has 0 aromatic heterocycles. The Kier molecular flexibility index (Phi) is 4.30. The van der Waals surface area contributed by atoms with Gasteiger partial charge in [0.25, 0.3) is 0 Å². The number of hydrogen-bond acceptors (Lipinski definition) is 2. The molecule has 2 heteroatoms. The minimum atomic E-state index is 0.183. The van der Waals surface area contributed by atoms with Crippen LogP contribution >= 0.6 is 0 Å². The van der Waals surface area contributed by atoms with Crippen molar-refractivity contribution in [2.75, 3.05) is 13.1 Å². The summed E-state index contributed by atoms with van der Waals surface area (Å²) in [6.07, 6.45) is 0. The van der Waals surface area contributed by atoms with Gasteiger partial charge in [0, 0.05) is 13.1 Å². The number of aryl methyl sites for hydroxylation is 1. The zero-order valence-corrected chi connectivity index (χ0v) is 10.0. The molecule has 0 spiro atoms. The summed E-state index contributed by atoms with van der Waals surface area (Å²) in [5, 5.41) is 3.45. The molecule has 3 N–H and O–H groups in total. The average molecular weight is 206 g/mol. The summed E-state index contributed by atoms with van der Waals surface area (Å²) in [6.45, 7) is 9.10. The maximum Gasteiger partial charge on any atom is 0.0208 e. The summed E-state index contributed by atoms with van der Waals surface area (Å²) in [7, 11) is 0. The average Bonchev–Trinajstić information content (AvgIpc) is 2.21. The highest BCUT2D eigenvalue weighted by Crippen LogP contribution is 2.11. The first-order chi connectivity index (χ1) is 7.05. The zero-order valence-electron chi connectivity index (χ0n) is 10.0. The summed E-state index contributed by atoms with van der Waals surface area (Å²) >= 11 is 0. The lowest BCUT2D eigenvalue weighted by atomic mass is 9.94. The maximum absolute atomic E-state index is 5.68. The van der Waals surface area contributed by atoms with Crippen LogP contribution in [0, 0.1) is 12.3 Å². The monoisotopic (exact) mass is 206 g/mol. The van der Waals surface area contributed by atoms with Crippen molar-refractivity contribution in [3.63, 3.8) is 0 Å². The van der Waals surface area contributed by atoms with Crippen molar-refractivity contribution in [1.29, 1.82) is 0 Å². The van der Waals surface area contributed by atoms with Gasteiger partial charge < -0.3 is 11.1 Å². The SMILES string of the molecule is Cc1ccccc1CNCC(C)(C)CN. The van der Waals surface area contributed by atoms with Gasteiger partial charge in [-0.05, 0) is 30.0 Å². The molecule has 1 aromatic carbocycles. The van der Waals surface area contributed by atoms with Gasteiger partial charge in [0.1, 0.15) is 0 Å². The summed E-state index contributed by atoms with van der Waals surface area (Å²) < 4.78 is 0. The third-order valence-corrected chi connectivity index (χ3v) is 2.73. The summed E-state index contributed by atoms with van der Waals surface area (Å²) in [5.74, 6) is 0. The van der Waals surface area contributed by atoms with Gasteiger partial charge in [0.05, 0.1) is 0 Å². The Hall–Kier alpha value is -0.860. The lowest BCUT2D eigenvalue weighted by Crippen LogP contribution is -2.35. The molecule has 15 heavy (non-hydrogen) atoms. The molecule has 0 amide bonds. The van der Waals surface area contributed by atoms with Crippen molar-refractivity contribution in [2.45, 2.75) is 27.3 Å². The molecule has 0 saturated carbocycles. The van der Waals surface area contributed by atoms with Gasteiger partial charge in [-0.3, -0.25) is 0 Å². The molecule has 2 nitrogen and oxygen atoms in total. The highest BCUT2D eigenvalue weighted by Gasteiger charge is 2.14. The summed E-state index contributed by atoms with van der Waals surface area (Å²) in [6, 6.07) is 8.46. The first kappa shape index (κ1) is 12.2. The van der Waals surface area contributed by atoms with E-state index in [-0.39, 0.29) is 5.41 Å². The Labute approximate surface area is 92.9 Å². The van der Waals surface area contributed by atoms with Gasteiger partial charge in [-0.25, -0.2) is 0 Å². The number of nitrogens with one attached hydrogen (secondary N) is 1. The van der Waals surface area contributed by atoms with Gasteiger partial charge in [-0.1, -0.05) is 38.1 Å². The molecule has 0 atom stereocenters. The fraction of sp³-hybridized carbons (Fsp3) is 0.538. The second-order valence-corrected chi connectivity index (χ2v) is 4.90. The van der Waals surface area contributed by atoms with Crippen LogP contribution in [-0.4, -0.2) is 13.1 Å². The first-order valence-electron chi connectivity index (χ1n) is 5.50. The van der Waals surface area contributed by atoms with E-state index >= 15 is 0 Å². The fourth-order valence-corrected chi connectivity index (χ4v) is 1.42. The maximum atomic E-state index is 5.68. The van der Waals surface area contributed by atoms with Crippen molar-refractivity contribution in [3.05, 3.63) is 35.4 Å². The molecule has 84 valence electrons. The molecule has 0 radical (unpaired) electrons. The summed E-state index contributed by atoms with van der Waals surface area (Å²) in [5.41, 5.74) is 8.57. The second kappa shape index (κ2) is 5.29. The van der Waals surface area contributed by atoms with E-state index in [1.807, 2.05) is 0 Å². The number of hydrogen-bond donors (Lipinski definition) is 2. The molecule has 0 aliphatic rings. The van der Waals surface area contributed by atoms with E-state index in [9.17, 15) is 0 Å². The zero-order chi connectivity index (χ0) is 11.3. The Balaban J connectivity index is 2.42. The Morgan fingerprint density at radius 1 is 1.27 bits per heavy atom. The van der Waals surface area contributed by atoms with Crippen LogP contribution in [0.25, 0.3) is 0 Å². The molecule has 0 fully saturated rings. The van der Waals surface area contributed by atoms with Crippen LogP contribution in [0.3, 0.4) is 0 Å². The number of rotatable bonds is 5. The highest BCUT2D eigenvalue weighted by molar-refractivity contribution is 5.25. The molecule has 0 heterocycles. The topological polar surface area (TPSA) is 38.0 Å². The highest BCUT2D eigenvalue weighted by atomic mass is 14.9. The fourth-order valence-electron chi connectivity index (χ4n) is 1.42. The standard InChI is InChI=1S/C13H22N2/c1-11-6-4-5-7-12(11)8-15-10-13(2,3)9-14/h4-7,15H,8-10,14H2,1-3H3. The Morgan fingerprint density at radius 3 is 2.53 bits per heavy atom. The molecular weight excluding hydrogens is 184 g/mol. The van der Waals surface area contributed by atoms with Crippen molar-refractivity contribution in [3.8, 4) is 0 Å². The van der Waals surface area contributed by atoms with Gasteiger partial charge in [0.15, 0.2) is 0 Å². The smallest absolute Gasteiger partial charge is 0.0208 e. The first-order valence-corrected chi connectivity index (χ1v) is 5.50. The molecule has 0 aliphatic heterocycles. The Morgan fingerprint density at radius 2 is 1.93 bits per heavy atom. The third kappa shape index (κ3) is 4.02. The van der Waals surface area contributed by atoms with Crippen molar-refractivity contribution in [2.24, 2.45) is 11.1 Å². The minimum absolute atomic E-state index is 0.183. The molecular formula is C13H22N2. The van der Waals surface area contributed by atoms with E-state index in [2.05, 4.69) is 50.4 Å². The van der Waals surface area contributed by atoms with E-state index in [1.165, 1.54) is 11.1 Å². The third-order valence-electron chi connectivity index (χ3n) is 2.73. The molecule has 0 unspecified atom stereocenters. The van der Waals surface area contributed by atoms with Crippen LogP contribution in [-0.2, 0) is 6.54 Å². The van der Waals surface area contributed by atoms with Gasteiger partial charge in [-0.15, -0.1) is 0 Å². The summed E-state index contributed by atoms with van der Waals surface area (Å²) in [4.78, 5) is 0. The van der Waals surface area contributed by atoms with E-state index < -0.39 is 0 Å². The van der Waals surface area contributed by atoms with E-state index in [0.29, 0.717) is 6.54 Å². The van der Waals surface area contributed by atoms with Crippen LogP contribution < -0.4 is 11.1 Å². The van der Waals surface area contributed by atoms with Crippen molar-refractivity contribution in [1.82, 2.24) is 5.32 Å². The minimum Gasteiger partial charge on any atom is -0.330 e. The predicted octanol–water partition coefficient (Wildman–Crippen LogP) is 2.07. The second-order valence-electron chi connectivity index (χ2n) is 4.90. The van der Waals surface area contributed by atoms with Crippen molar-refractivity contribution >= 4 is 0 Å². The van der Waals surface area contributed by atoms with Crippen LogP contribution in [0.5, 0.6) is 0 Å². The van der Waals surface area contributed by atoms with E-state index in [1.54, 1.807) is 0 Å². The molecule has 0 aliphatic carbocycles. The van der Waals surface area contributed by atoms with Gasteiger partial charge in [0.2, 0.25) is 0 Å². The lowest BCUT2D eigenvalue weighted by molar-refractivity contribution is 0.351. The normalized spacial score (nSPS) is 11.7. The van der Waals surface area contributed by atoms with Crippen LogP contribution in [0.1, 0.15) is 25.0 Å². The predicted molar refractivity (Wildman–Crippen MR) is 65.7 cm³/mol. The van der Waals surface area contributed by atoms with Gasteiger partial charge in [-0.2, -0.15) is 0 Å². The number of nitrogens with two attached hydrogens (primary N) is 1. The van der Waals surface area contributed by atoms with E-state index in [4.69, 9.17) is 5.73 Å². The van der Waals surface area contributed by atoms with Crippen molar-refractivity contribution < 1.29 is 0 Å². The van der Waals surface area contributed by atoms with E-state index in [0.717, 1.165) is 13.1 Å². The lowest BCUT2D eigenvalue weighted by Gasteiger charge is -2.23. The van der Waals surface area contributed by atoms with Crippen LogP contribution in [0.2, 0.25) is 0 Å². The molecule has 1 aromatic rings. The van der Waals surface area contributed by atoms with Crippen LogP contribution in [0.4, 0.5) is 0 Å². The van der Waals surface area contributed by atoms with Gasteiger partial charge >= 0.3 is 0 Å². The van der Waals surface area contributed by atoms with Crippen LogP contribution in [0.15, 0.2) is 24.3 Å². The molecule has 0 bridgehead atoms. The quantitative estimate of drug-likeness (QED) is 0.774. The molecule has 0 saturated heterocycles. The Bertz CT molecular complexity index is 305. The largest absolute Gasteiger partial charge is 0.330 e. The molecule has 1 rings (SSSR count). The number of benzene rings is 1.